The van der Waals surface area contributed by atoms with Crippen molar-refractivity contribution >= 4 is 56.6 Å². The summed E-state index contributed by atoms with van der Waals surface area (Å²) >= 11 is 15.2. The Morgan fingerprint density at radius 1 is 1.04 bits per heavy atom. The van der Waals surface area contributed by atoms with Gasteiger partial charge in [0.25, 0.3) is 5.78 Å². The Bertz CT molecular complexity index is 941. The van der Waals surface area contributed by atoms with Crippen LogP contribution in [-0.4, -0.2) is 12.0 Å². The summed E-state index contributed by atoms with van der Waals surface area (Å²) in [6.45, 7) is 0. The Morgan fingerprint density at radius 2 is 1.69 bits per heavy atom. The summed E-state index contributed by atoms with van der Waals surface area (Å²) in [5.74, 6) is -1.85. The van der Waals surface area contributed by atoms with Crippen LogP contribution in [0.4, 0.5) is 13.2 Å². The molecule has 0 fully saturated rings. The van der Waals surface area contributed by atoms with Crippen molar-refractivity contribution in [1.29, 1.82) is 0 Å². The van der Waals surface area contributed by atoms with Gasteiger partial charge in [0.15, 0.2) is 0 Å². The fraction of sp³-hybridized carbons (Fsp3) is 0.105. The Hall–Kier alpha value is -1.56. The number of carbonyl (C=O) groups is 1. The molecule has 0 radical (unpaired) electrons. The van der Waals surface area contributed by atoms with Crippen LogP contribution in [0.2, 0.25) is 10.0 Å². The van der Waals surface area contributed by atoms with Gasteiger partial charge in [-0.3, -0.25) is 4.79 Å². The molecule has 0 amide bonds. The van der Waals surface area contributed by atoms with Gasteiger partial charge in [-0.25, -0.2) is 0 Å². The van der Waals surface area contributed by atoms with E-state index in [1.807, 2.05) is 0 Å². The van der Waals surface area contributed by atoms with E-state index in [1.54, 1.807) is 36.4 Å². The number of allylic oxidation sites excluding steroid dienone is 3. The highest BCUT2D eigenvalue weighted by Gasteiger charge is 2.43. The number of rotatable bonds is 3. The fourth-order valence-corrected chi connectivity index (χ4v) is 3.79. The Kier molecular flexibility index (Phi) is 5.33. The van der Waals surface area contributed by atoms with Crippen LogP contribution >= 0.6 is 39.1 Å². The Labute approximate surface area is 166 Å². The zero-order valence-electron chi connectivity index (χ0n) is 13.0. The number of ketones is 1. The van der Waals surface area contributed by atoms with Gasteiger partial charge in [0.1, 0.15) is 0 Å². The number of carbonyl (C=O) groups excluding carboxylic acids is 1. The Morgan fingerprint density at radius 3 is 2.31 bits per heavy atom. The van der Waals surface area contributed by atoms with Crippen molar-refractivity contribution in [3.8, 4) is 0 Å². The van der Waals surface area contributed by atoms with E-state index in [1.165, 1.54) is 12.1 Å². The minimum absolute atomic E-state index is 0.233. The van der Waals surface area contributed by atoms with E-state index in [0.717, 1.165) is 4.47 Å². The van der Waals surface area contributed by atoms with E-state index < -0.39 is 12.0 Å². The van der Waals surface area contributed by atoms with Crippen molar-refractivity contribution in [2.75, 3.05) is 0 Å². The number of hydrogen-bond acceptors (Lipinski definition) is 1. The van der Waals surface area contributed by atoms with Gasteiger partial charge >= 0.3 is 6.18 Å². The molecule has 1 nitrogen and oxygen atoms in total. The first kappa shape index (κ1) is 19.2. The van der Waals surface area contributed by atoms with Gasteiger partial charge in [-0.2, -0.15) is 13.2 Å². The van der Waals surface area contributed by atoms with Crippen molar-refractivity contribution in [2.45, 2.75) is 12.6 Å². The number of fused-ring (bicyclic) bond motifs is 1. The maximum absolute atomic E-state index is 13.1. The third kappa shape index (κ3) is 4.05. The molecule has 1 aliphatic rings. The summed E-state index contributed by atoms with van der Waals surface area (Å²) < 4.78 is 39.9. The van der Waals surface area contributed by atoms with Crippen LogP contribution in [0.1, 0.15) is 16.7 Å². The number of benzene rings is 2. The van der Waals surface area contributed by atoms with E-state index in [2.05, 4.69) is 15.9 Å². The van der Waals surface area contributed by atoms with Crippen molar-refractivity contribution in [2.24, 2.45) is 0 Å². The predicted octanol–water partition coefficient (Wildman–Crippen LogP) is 6.91. The molecule has 0 bridgehead atoms. The lowest BCUT2D eigenvalue weighted by molar-refractivity contribution is -0.164. The molecular weight excluding hydrogens is 452 g/mol. The van der Waals surface area contributed by atoms with Gasteiger partial charge in [-0.1, -0.05) is 57.4 Å². The molecule has 0 saturated heterocycles. The first-order chi connectivity index (χ1) is 12.1. The van der Waals surface area contributed by atoms with Gasteiger partial charge in [-0.05, 0) is 59.0 Å². The summed E-state index contributed by atoms with van der Waals surface area (Å²) in [4.78, 5) is 12.0. The number of halogens is 6. The molecule has 3 rings (SSSR count). The summed E-state index contributed by atoms with van der Waals surface area (Å²) in [5.41, 5.74) is 1.59. The monoisotopic (exact) mass is 460 g/mol. The van der Waals surface area contributed by atoms with Crippen molar-refractivity contribution < 1.29 is 18.0 Å². The zero-order chi connectivity index (χ0) is 19.1. The molecule has 7 heteroatoms. The normalized spacial score (nSPS) is 14.2. The molecule has 1 aliphatic carbocycles. The summed E-state index contributed by atoms with van der Waals surface area (Å²) in [7, 11) is 0. The van der Waals surface area contributed by atoms with Crippen LogP contribution in [-0.2, 0) is 11.2 Å². The second-order valence-corrected chi connectivity index (χ2v) is 7.53. The van der Waals surface area contributed by atoms with Crippen LogP contribution in [0.3, 0.4) is 0 Å². The van der Waals surface area contributed by atoms with Crippen molar-refractivity contribution in [3.05, 3.63) is 79.3 Å². The number of alkyl halides is 3. The standard InChI is InChI=1S/C19H10BrCl2F3O/c20-13-3-4-16-12(8-13)7-11(17(16)18(26)19(23,24)25)2-1-10-5-14(21)9-15(22)6-10/h1-6,8-9H,7H2/b2-1+. The minimum atomic E-state index is -4.94. The van der Waals surface area contributed by atoms with Crippen molar-refractivity contribution in [1.82, 2.24) is 0 Å². The molecule has 2 aromatic rings. The second kappa shape index (κ2) is 7.22. The lowest BCUT2D eigenvalue weighted by atomic mass is 10.0. The van der Waals surface area contributed by atoms with E-state index in [9.17, 15) is 18.0 Å². The third-order valence-corrected chi connectivity index (χ3v) is 4.81. The largest absolute Gasteiger partial charge is 0.454 e. The molecule has 0 unspecified atom stereocenters. The molecule has 134 valence electrons. The van der Waals surface area contributed by atoms with Crippen LogP contribution < -0.4 is 0 Å². The highest BCUT2D eigenvalue weighted by atomic mass is 79.9. The quantitative estimate of drug-likeness (QED) is 0.485. The first-order valence-corrected chi connectivity index (χ1v) is 8.97. The molecule has 2 aromatic carbocycles. The lowest BCUT2D eigenvalue weighted by Gasteiger charge is -2.09. The van der Waals surface area contributed by atoms with E-state index in [0.29, 0.717) is 32.3 Å². The number of hydrogen-bond donors (Lipinski definition) is 0. The maximum Gasteiger partial charge on any atom is 0.454 e. The second-order valence-electron chi connectivity index (χ2n) is 5.74. The van der Waals surface area contributed by atoms with E-state index >= 15 is 0 Å². The molecule has 0 heterocycles. The molecule has 0 aromatic heterocycles. The molecular formula is C19H10BrCl2F3O. The van der Waals surface area contributed by atoms with Gasteiger partial charge in [0.05, 0.1) is 0 Å². The van der Waals surface area contributed by atoms with Crippen LogP contribution in [0.15, 0.2) is 52.5 Å². The van der Waals surface area contributed by atoms with Crippen LogP contribution in [0, 0.1) is 0 Å². The summed E-state index contributed by atoms with van der Waals surface area (Å²) in [6, 6.07) is 9.68. The van der Waals surface area contributed by atoms with Crippen LogP contribution in [0.25, 0.3) is 11.6 Å². The first-order valence-electron chi connectivity index (χ1n) is 7.43. The van der Waals surface area contributed by atoms with Gasteiger partial charge < -0.3 is 0 Å². The molecule has 0 atom stereocenters. The minimum Gasteiger partial charge on any atom is -0.284 e. The fourth-order valence-electron chi connectivity index (χ4n) is 2.84. The highest BCUT2D eigenvalue weighted by molar-refractivity contribution is 9.10. The predicted molar refractivity (Wildman–Crippen MR) is 101 cm³/mol. The summed E-state index contributed by atoms with van der Waals surface area (Å²) in [6.07, 6.45) is -1.61. The molecule has 0 N–H and O–H groups in total. The van der Waals surface area contributed by atoms with Crippen LogP contribution in [0.5, 0.6) is 0 Å². The molecule has 0 spiro atoms. The highest BCUT2D eigenvalue weighted by Crippen LogP contribution is 2.39. The van der Waals surface area contributed by atoms with Gasteiger partial charge in [0, 0.05) is 20.1 Å². The molecule has 26 heavy (non-hydrogen) atoms. The smallest absolute Gasteiger partial charge is 0.284 e. The number of Topliss-reactive ketones (excluding diaryl/α,β-unsaturated/α-hetero) is 1. The summed E-state index contributed by atoms with van der Waals surface area (Å²) in [5, 5.41) is 0.827. The van der Waals surface area contributed by atoms with E-state index in [-0.39, 0.29) is 12.0 Å². The molecule has 0 aliphatic heterocycles. The average molecular weight is 462 g/mol. The lowest BCUT2D eigenvalue weighted by Crippen LogP contribution is -2.24. The Balaban J connectivity index is 2.07. The third-order valence-electron chi connectivity index (χ3n) is 3.89. The van der Waals surface area contributed by atoms with E-state index in [4.69, 9.17) is 23.2 Å². The average Bonchev–Trinajstić information content (AvgIpc) is 2.87. The zero-order valence-corrected chi connectivity index (χ0v) is 16.1. The van der Waals surface area contributed by atoms with Gasteiger partial charge in [-0.15, -0.1) is 0 Å². The van der Waals surface area contributed by atoms with Crippen molar-refractivity contribution in [3.63, 3.8) is 0 Å². The SMILES string of the molecule is O=C(C1=C(/C=C/c2cc(Cl)cc(Cl)c2)Cc2cc(Br)ccc21)C(F)(F)F. The topological polar surface area (TPSA) is 17.1 Å². The maximum atomic E-state index is 13.1. The van der Waals surface area contributed by atoms with Gasteiger partial charge in [0.2, 0.25) is 0 Å². The molecule has 0 saturated carbocycles.